The molecule has 0 bridgehead atoms. The van der Waals surface area contributed by atoms with Gasteiger partial charge in [-0.15, -0.1) is 11.3 Å². The maximum absolute atomic E-state index is 11.8. The molecule has 0 aliphatic rings. The molecule has 1 rings (SSSR count). The Morgan fingerprint density at radius 3 is 2.24 bits per heavy atom. The zero-order chi connectivity index (χ0) is 13.4. The smallest absolute Gasteiger partial charge is 0.265 e. The van der Waals surface area contributed by atoms with Gasteiger partial charge in [0.05, 0.1) is 5.69 Å². The largest absolute Gasteiger partial charge is 0.396 e. The predicted molar refractivity (Wildman–Crippen MR) is 69.4 cm³/mol. The number of nitrogens with one attached hydrogen (secondary N) is 1. The second-order valence-electron chi connectivity index (χ2n) is 3.72. The number of carbonyl (C=O) groups is 1. The number of nitrogens with zero attached hydrogens (tertiary/aromatic N) is 1. The molecule has 0 saturated heterocycles. The number of carbonyl (C=O) groups excluding carboxylic acids is 1. The summed E-state index contributed by atoms with van der Waals surface area (Å²) >= 11 is 1.04. The van der Waals surface area contributed by atoms with Crippen molar-refractivity contribution in [3.63, 3.8) is 0 Å². The quantitative estimate of drug-likeness (QED) is 0.838. The summed E-state index contributed by atoms with van der Waals surface area (Å²) < 4.78 is 23.2. The van der Waals surface area contributed by atoms with E-state index in [9.17, 15) is 13.2 Å². The fraction of sp³-hybridized carbons (Fsp3) is 0.444. The summed E-state index contributed by atoms with van der Waals surface area (Å²) in [7, 11) is 1.29. The van der Waals surface area contributed by atoms with Crippen molar-refractivity contribution in [1.82, 2.24) is 4.90 Å². The number of hydrogen-bond donors (Lipinski definition) is 2. The van der Waals surface area contributed by atoms with Gasteiger partial charge in [-0.2, -0.15) is 0 Å². The average Bonchev–Trinajstić information content (AvgIpc) is 2.53. The fourth-order valence-electron chi connectivity index (χ4n) is 1.32. The molecule has 0 aromatic carbocycles. The predicted octanol–water partition coefficient (Wildman–Crippen LogP) is 0.477. The summed E-state index contributed by atoms with van der Waals surface area (Å²) in [4.78, 5) is 13.4. The zero-order valence-corrected chi connectivity index (χ0v) is 11.7. The molecule has 0 saturated carbocycles. The number of nitrogen functional groups attached to an aromatic ring is 1. The van der Waals surface area contributed by atoms with Crippen LogP contribution in [0.15, 0.2) is 4.90 Å². The van der Waals surface area contributed by atoms with E-state index in [0.717, 1.165) is 17.6 Å². The van der Waals surface area contributed by atoms with Gasteiger partial charge in [0.1, 0.15) is 14.8 Å². The lowest BCUT2D eigenvalue weighted by Crippen LogP contribution is -2.21. The van der Waals surface area contributed by atoms with Crippen LogP contribution in [0, 0.1) is 0 Å². The Balaban J connectivity index is 3.50. The normalized spacial score (nSPS) is 11.3. The summed E-state index contributed by atoms with van der Waals surface area (Å²) in [6, 6.07) is 0. The van der Waals surface area contributed by atoms with Gasteiger partial charge in [-0.3, -0.25) is 4.79 Å². The third-order valence-corrected chi connectivity index (χ3v) is 4.60. The third-order valence-electron chi connectivity index (χ3n) is 2.10. The Kier molecular flexibility index (Phi) is 3.68. The van der Waals surface area contributed by atoms with Gasteiger partial charge in [-0.1, -0.05) is 0 Å². The molecule has 1 amide bonds. The lowest BCUT2D eigenvalue weighted by molar-refractivity contribution is 0.0833. The van der Waals surface area contributed by atoms with Gasteiger partial charge in [0, 0.05) is 27.4 Å². The molecule has 0 spiro atoms. The van der Waals surface area contributed by atoms with E-state index in [1.54, 1.807) is 21.1 Å². The van der Waals surface area contributed by atoms with Crippen LogP contribution in [0.1, 0.15) is 9.67 Å². The molecule has 0 radical (unpaired) electrons. The van der Waals surface area contributed by atoms with Crippen LogP contribution in [-0.2, 0) is 9.84 Å². The van der Waals surface area contributed by atoms with Crippen LogP contribution < -0.4 is 11.1 Å². The van der Waals surface area contributed by atoms with Gasteiger partial charge in [-0.05, 0) is 0 Å². The lowest BCUT2D eigenvalue weighted by Gasteiger charge is -2.08. The molecular formula is C9H15N3O3S2. The molecule has 0 aliphatic heterocycles. The first-order chi connectivity index (χ1) is 7.70. The van der Waals surface area contributed by atoms with Crippen LogP contribution in [0.3, 0.4) is 0 Å². The molecule has 0 aliphatic carbocycles. The SMILES string of the molecule is CNc1sc(C(=O)N(C)C)c(N)c1S(C)(=O)=O. The molecule has 0 atom stereocenters. The van der Waals surface area contributed by atoms with Crippen LogP contribution in [0.2, 0.25) is 0 Å². The second-order valence-corrected chi connectivity index (χ2v) is 6.70. The van der Waals surface area contributed by atoms with Crippen LogP contribution in [0.25, 0.3) is 0 Å². The molecule has 1 heterocycles. The highest BCUT2D eigenvalue weighted by Crippen LogP contribution is 2.39. The van der Waals surface area contributed by atoms with Crippen molar-refractivity contribution in [3.05, 3.63) is 4.88 Å². The molecule has 8 heteroatoms. The number of anilines is 2. The van der Waals surface area contributed by atoms with Gasteiger partial charge >= 0.3 is 0 Å². The van der Waals surface area contributed by atoms with E-state index in [1.165, 1.54) is 4.90 Å². The van der Waals surface area contributed by atoms with E-state index in [-0.39, 0.29) is 21.4 Å². The first kappa shape index (κ1) is 13.8. The maximum Gasteiger partial charge on any atom is 0.265 e. The number of hydrogen-bond acceptors (Lipinski definition) is 6. The molecule has 1 aromatic rings. The summed E-state index contributed by atoms with van der Waals surface area (Å²) in [6.45, 7) is 0. The Bertz CT molecular complexity index is 546. The Hall–Kier alpha value is -1.28. The lowest BCUT2D eigenvalue weighted by atomic mass is 10.3. The van der Waals surface area contributed by atoms with Crippen LogP contribution >= 0.6 is 11.3 Å². The summed E-state index contributed by atoms with van der Waals surface area (Å²) in [6.07, 6.45) is 1.07. The molecule has 0 fully saturated rings. The molecule has 6 nitrogen and oxygen atoms in total. The standard InChI is InChI=1S/C9H15N3O3S2/c1-11-8-7(17(4,14)15)5(10)6(16-8)9(13)12(2)3/h11H,10H2,1-4H3. The van der Waals surface area contributed by atoms with Gasteiger partial charge in [-0.25, -0.2) is 8.42 Å². The Morgan fingerprint density at radius 2 is 1.94 bits per heavy atom. The van der Waals surface area contributed by atoms with Crippen LogP contribution in [0.4, 0.5) is 10.7 Å². The summed E-state index contributed by atoms with van der Waals surface area (Å²) in [5.74, 6) is -0.307. The number of nitrogens with two attached hydrogens (primary N) is 1. The van der Waals surface area contributed by atoms with Crippen LogP contribution in [0.5, 0.6) is 0 Å². The summed E-state index contributed by atoms with van der Waals surface area (Å²) in [5, 5.41) is 3.13. The van der Waals surface area contributed by atoms with E-state index in [4.69, 9.17) is 5.73 Å². The van der Waals surface area contributed by atoms with Crippen molar-refractivity contribution in [2.24, 2.45) is 0 Å². The number of thiophene rings is 1. The van der Waals surface area contributed by atoms with Crippen LogP contribution in [-0.4, -0.2) is 46.6 Å². The molecule has 1 aromatic heterocycles. The molecule has 17 heavy (non-hydrogen) atoms. The fourth-order valence-corrected chi connectivity index (χ4v) is 3.90. The molecule has 3 N–H and O–H groups in total. The van der Waals surface area contributed by atoms with E-state index in [2.05, 4.69) is 5.32 Å². The zero-order valence-electron chi connectivity index (χ0n) is 10.1. The number of sulfone groups is 1. The molecule has 96 valence electrons. The minimum absolute atomic E-state index is 0.00444. The highest BCUT2D eigenvalue weighted by Gasteiger charge is 2.27. The summed E-state index contributed by atoms with van der Waals surface area (Å²) in [5.41, 5.74) is 5.76. The molecule has 0 unspecified atom stereocenters. The minimum atomic E-state index is -3.46. The highest BCUT2D eigenvalue weighted by atomic mass is 32.2. The van der Waals surface area contributed by atoms with Gasteiger partial charge in [0.15, 0.2) is 9.84 Å². The highest BCUT2D eigenvalue weighted by molar-refractivity contribution is 7.91. The topological polar surface area (TPSA) is 92.5 Å². The maximum atomic E-state index is 11.8. The van der Waals surface area contributed by atoms with Crippen molar-refractivity contribution >= 4 is 37.8 Å². The van der Waals surface area contributed by atoms with Crippen molar-refractivity contribution in [2.45, 2.75) is 4.90 Å². The van der Waals surface area contributed by atoms with E-state index in [1.807, 2.05) is 0 Å². The first-order valence-electron chi connectivity index (χ1n) is 4.71. The molecular weight excluding hydrogens is 262 g/mol. The van der Waals surface area contributed by atoms with E-state index in [0.29, 0.717) is 5.00 Å². The van der Waals surface area contributed by atoms with Crippen molar-refractivity contribution in [1.29, 1.82) is 0 Å². The van der Waals surface area contributed by atoms with Gasteiger partial charge < -0.3 is 16.0 Å². The van der Waals surface area contributed by atoms with E-state index < -0.39 is 9.84 Å². The first-order valence-corrected chi connectivity index (χ1v) is 7.42. The van der Waals surface area contributed by atoms with Gasteiger partial charge in [0.25, 0.3) is 5.91 Å². The Morgan fingerprint density at radius 1 is 1.41 bits per heavy atom. The average molecular weight is 277 g/mol. The van der Waals surface area contributed by atoms with E-state index >= 15 is 0 Å². The second kappa shape index (κ2) is 4.53. The third kappa shape index (κ3) is 2.52. The number of rotatable bonds is 3. The van der Waals surface area contributed by atoms with Crippen molar-refractivity contribution in [2.75, 3.05) is 38.4 Å². The number of amides is 1. The minimum Gasteiger partial charge on any atom is -0.396 e. The Labute approximate surface area is 104 Å². The monoisotopic (exact) mass is 277 g/mol. The van der Waals surface area contributed by atoms with Gasteiger partial charge in [0.2, 0.25) is 0 Å². The van der Waals surface area contributed by atoms with Crippen molar-refractivity contribution in [3.8, 4) is 0 Å². The van der Waals surface area contributed by atoms with Crippen molar-refractivity contribution < 1.29 is 13.2 Å².